The van der Waals surface area contributed by atoms with Crippen molar-refractivity contribution in [2.24, 2.45) is 13.0 Å². The van der Waals surface area contributed by atoms with Gasteiger partial charge in [0.2, 0.25) is 0 Å². The Bertz CT molecular complexity index is 1390. The predicted octanol–water partition coefficient (Wildman–Crippen LogP) is 5.44. The largest absolute Gasteiger partial charge is 0.308 e. The van der Waals surface area contributed by atoms with Crippen LogP contribution >= 0.6 is 11.8 Å². The third kappa shape index (κ3) is 3.98. The van der Waals surface area contributed by atoms with Crippen LogP contribution < -0.4 is 5.56 Å². The number of Topliss-reactive ketones (excluding diaryl/α,β-unsaturated/α-hetero) is 1. The first kappa shape index (κ1) is 20.6. The molecule has 0 N–H and O–H groups in total. The smallest absolute Gasteiger partial charge is 0.258 e. The third-order valence-electron chi connectivity index (χ3n) is 5.97. The zero-order chi connectivity index (χ0) is 22.2. The van der Waals surface area contributed by atoms with Crippen LogP contribution in [0, 0.1) is 12.8 Å². The topological polar surface area (TPSA) is 64.8 Å². The molecule has 0 spiro atoms. The van der Waals surface area contributed by atoms with Crippen LogP contribution in [0.3, 0.4) is 0 Å². The third-order valence-corrected chi connectivity index (χ3v) is 6.95. The van der Waals surface area contributed by atoms with Crippen molar-refractivity contribution in [1.29, 1.82) is 0 Å². The number of hydrogen-bond donors (Lipinski definition) is 0. The SMILES string of the molecule is Cc1ccc(C(=O)CC2CC2)cc1-c1cc2cnnc(Sc3ccccc3)c2n(C)c1=O. The number of carbonyl (C=O) groups excluding carboxylic acids is 1. The summed E-state index contributed by atoms with van der Waals surface area (Å²) in [5, 5.41) is 10.0. The van der Waals surface area contributed by atoms with Crippen LogP contribution in [0.25, 0.3) is 22.0 Å². The van der Waals surface area contributed by atoms with E-state index in [1.54, 1.807) is 17.8 Å². The van der Waals surface area contributed by atoms with E-state index in [9.17, 15) is 9.59 Å². The molecule has 1 fully saturated rings. The van der Waals surface area contributed by atoms with Gasteiger partial charge in [-0.3, -0.25) is 9.59 Å². The molecule has 0 radical (unpaired) electrons. The Morgan fingerprint density at radius 2 is 1.88 bits per heavy atom. The van der Waals surface area contributed by atoms with Crippen LogP contribution in [0.15, 0.2) is 75.5 Å². The maximum absolute atomic E-state index is 13.4. The molecule has 0 bridgehead atoms. The van der Waals surface area contributed by atoms with E-state index < -0.39 is 0 Å². The van der Waals surface area contributed by atoms with Gasteiger partial charge in [-0.25, -0.2) is 0 Å². The molecule has 1 aliphatic carbocycles. The predicted molar refractivity (Wildman–Crippen MR) is 127 cm³/mol. The summed E-state index contributed by atoms with van der Waals surface area (Å²) in [4.78, 5) is 27.1. The number of ketones is 1. The second-order valence-corrected chi connectivity index (χ2v) is 9.45. The first-order valence-electron chi connectivity index (χ1n) is 10.7. The summed E-state index contributed by atoms with van der Waals surface area (Å²) in [5.41, 5.74) is 3.64. The van der Waals surface area contributed by atoms with Gasteiger partial charge in [-0.15, -0.1) is 5.10 Å². The molecular weight excluding hydrogens is 418 g/mol. The highest BCUT2D eigenvalue weighted by molar-refractivity contribution is 7.99. The van der Waals surface area contributed by atoms with Crippen LogP contribution in [0.4, 0.5) is 0 Å². The highest BCUT2D eigenvalue weighted by Crippen LogP contribution is 2.35. The van der Waals surface area contributed by atoms with Crippen molar-refractivity contribution >= 4 is 28.4 Å². The van der Waals surface area contributed by atoms with Crippen LogP contribution in [0.2, 0.25) is 0 Å². The average Bonchev–Trinajstić information content (AvgIpc) is 3.61. The van der Waals surface area contributed by atoms with E-state index in [0.717, 1.165) is 39.8 Å². The van der Waals surface area contributed by atoms with Gasteiger partial charge in [-0.2, -0.15) is 5.10 Å². The summed E-state index contributed by atoms with van der Waals surface area (Å²) in [5.74, 6) is 0.679. The molecule has 5 nitrogen and oxygen atoms in total. The van der Waals surface area contributed by atoms with Gasteiger partial charge in [0.15, 0.2) is 5.78 Å². The van der Waals surface area contributed by atoms with Gasteiger partial charge in [-0.05, 0) is 61.1 Å². The minimum atomic E-state index is -0.115. The number of nitrogens with zero attached hydrogens (tertiary/aromatic N) is 3. The van der Waals surface area contributed by atoms with Crippen molar-refractivity contribution in [3.63, 3.8) is 0 Å². The fourth-order valence-corrected chi connectivity index (χ4v) is 4.92. The molecule has 6 heteroatoms. The molecule has 0 unspecified atom stereocenters. The van der Waals surface area contributed by atoms with Gasteiger partial charge >= 0.3 is 0 Å². The van der Waals surface area contributed by atoms with E-state index in [1.807, 2.05) is 61.5 Å². The molecule has 160 valence electrons. The number of aryl methyl sites for hydroxylation is 2. The Balaban J connectivity index is 1.61. The maximum atomic E-state index is 13.4. The summed E-state index contributed by atoms with van der Waals surface area (Å²) in [6, 6.07) is 17.5. The van der Waals surface area contributed by atoms with E-state index >= 15 is 0 Å². The molecule has 2 heterocycles. The van der Waals surface area contributed by atoms with Gasteiger partial charge in [0, 0.05) is 34.9 Å². The first-order valence-corrected chi connectivity index (χ1v) is 11.6. The van der Waals surface area contributed by atoms with E-state index in [-0.39, 0.29) is 11.3 Å². The number of rotatable bonds is 6. The highest BCUT2D eigenvalue weighted by Gasteiger charge is 2.25. The van der Waals surface area contributed by atoms with Crippen molar-refractivity contribution in [1.82, 2.24) is 14.8 Å². The highest BCUT2D eigenvalue weighted by atomic mass is 32.2. The van der Waals surface area contributed by atoms with Gasteiger partial charge in [0.25, 0.3) is 5.56 Å². The van der Waals surface area contributed by atoms with Gasteiger partial charge in [0.1, 0.15) is 5.03 Å². The van der Waals surface area contributed by atoms with Gasteiger partial charge < -0.3 is 4.57 Å². The number of hydrogen-bond acceptors (Lipinski definition) is 5. The van der Waals surface area contributed by atoms with Crippen molar-refractivity contribution in [2.45, 2.75) is 36.1 Å². The quantitative estimate of drug-likeness (QED) is 0.373. The molecule has 32 heavy (non-hydrogen) atoms. The van der Waals surface area contributed by atoms with Crippen LogP contribution in [-0.4, -0.2) is 20.5 Å². The van der Waals surface area contributed by atoms with Crippen molar-refractivity contribution in [2.75, 3.05) is 0 Å². The average molecular weight is 442 g/mol. The van der Waals surface area contributed by atoms with Crippen molar-refractivity contribution in [3.05, 3.63) is 82.3 Å². The monoisotopic (exact) mass is 441 g/mol. The summed E-state index contributed by atoms with van der Waals surface area (Å²) >= 11 is 1.48. The molecule has 0 saturated heterocycles. The minimum absolute atomic E-state index is 0.115. The molecule has 1 saturated carbocycles. The molecule has 4 aromatic rings. The first-order chi connectivity index (χ1) is 15.5. The lowest BCUT2D eigenvalue weighted by molar-refractivity contribution is 0.0976. The number of fused-ring (bicyclic) bond motifs is 1. The molecule has 2 aromatic carbocycles. The molecular formula is C26H23N3O2S. The van der Waals surface area contributed by atoms with Crippen molar-refractivity contribution < 1.29 is 4.79 Å². The molecule has 0 aliphatic heterocycles. The number of aromatic nitrogens is 3. The van der Waals surface area contributed by atoms with Crippen LogP contribution in [0.1, 0.15) is 35.2 Å². The maximum Gasteiger partial charge on any atom is 0.258 e. The molecule has 0 amide bonds. The Hall–Kier alpha value is -3.25. The zero-order valence-corrected chi connectivity index (χ0v) is 18.9. The Kier molecular flexibility index (Phi) is 5.39. The van der Waals surface area contributed by atoms with Crippen LogP contribution in [-0.2, 0) is 7.05 Å². The summed E-state index contributed by atoms with van der Waals surface area (Å²) in [7, 11) is 1.77. The Morgan fingerprint density at radius 3 is 2.62 bits per heavy atom. The molecule has 5 rings (SSSR count). The van der Waals surface area contributed by atoms with E-state index in [1.165, 1.54) is 11.8 Å². The lowest BCUT2D eigenvalue weighted by Crippen LogP contribution is -2.20. The second kappa shape index (κ2) is 8.36. The van der Waals surface area contributed by atoms with Crippen molar-refractivity contribution in [3.8, 4) is 11.1 Å². The number of benzene rings is 2. The Morgan fingerprint density at radius 1 is 1.09 bits per heavy atom. The Labute approximate surface area is 190 Å². The summed E-state index contributed by atoms with van der Waals surface area (Å²) < 4.78 is 1.64. The van der Waals surface area contributed by atoms with Gasteiger partial charge in [-0.1, -0.05) is 42.1 Å². The van der Waals surface area contributed by atoms with Crippen LogP contribution in [0.5, 0.6) is 0 Å². The summed E-state index contributed by atoms with van der Waals surface area (Å²) in [6.45, 7) is 1.97. The lowest BCUT2D eigenvalue weighted by Gasteiger charge is -2.13. The van der Waals surface area contributed by atoms with Gasteiger partial charge in [0.05, 0.1) is 11.7 Å². The fraction of sp³-hybridized carbons (Fsp3) is 0.231. The normalized spacial score (nSPS) is 13.4. The lowest BCUT2D eigenvalue weighted by atomic mass is 9.95. The zero-order valence-electron chi connectivity index (χ0n) is 18.0. The van der Waals surface area contributed by atoms with E-state index in [4.69, 9.17) is 0 Å². The standard InChI is InChI=1S/C26H23N3O2S/c1-16-8-11-18(23(30)12-17-9-10-17)13-21(16)22-14-19-15-27-28-25(24(19)29(2)26(22)31)32-20-6-4-3-5-7-20/h3-8,11,13-15,17H,9-10,12H2,1-2H3. The molecule has 0 atom stereocenters. The fourth-order valence-electron chi connectivity index (χ4n) is 3.97. The molecule has 2 aromatic heterocycles. The number of carbonyl (C=O) groups is 1. The number of pyridine rings is 1. The van der Waals surface area contributed by atoms with E-state index in [0.29, 0.717) is 28.5 Å². The summed E-state index contributed by atoms with van der Waals surface area (Å²) in [6.07, 6.45) is 4.55. The molecule has 1 aliphatic rings. The minimum Gasteiger partial charge on any atom is -0.308 e. The second-order valence-electron chi connectivity index (χ2n) is 8.39. The van der Waals surface area contributed by atoms with E-state index in [2.05, 4.69) is 10.2 Å².